The molecule has 0 bridgehead atoms. The van der Waals surface area contributed by atoms with Crippen molar-refractivity contribution < 1.29 is 12.8 Å². The molecule has 2 aromatic rings. The van der Waals surface area contributed by atoms with Crippen LogP contribution in [0.4, 0.5) is 10.3 Å². The molecule has 0 atom stereocenters. The van der Waals surface area contributed by atoms with E-state index in [1.54, 1.807) is 13.0 Å². The van der Waals surface area contributed by atoms with Crippen LogP contribution in [0.1, 0.15) is 24.4 Å². The predicted octanol–water partition coefficient (Wildman–Crippen LogP) is 1.82. The average molecular weight is 297 g/mol. The SMILES string of the molecule is Cc1cc2c(cc1F)nc(N)n2C1CCS(=O)(=O)CC1. The maximum absolute atomic E-state index is 13.6. The Morgan fingerprint density at radius 3 is 2.65 bits per heavy atom. The third-order valence-electron chi connectivity index (χ3n) is 3.89. The van der Waals surface area contributed by atoms with Gasteiger partial charge in [0, 0.05) is 12.1 Å². The van der Waals surface area contributed by atoms with Crippen LogP contribution in [0.15, 0.2) is 12.1 Å². The number of hydrogen-bond donors (Lipinski definition) is 1. The van der Waals surface area contributed by atoms with Crippen LogP contribution < -0.4 is 5.73 Å². The highest BCUT2D eigenvalue weighted by atomic mass is 32.2. The van der Waals surface area contributed by atoms with Crippen LogP contribution in [0.5, 0.6) is 0 Å². The van der Waals surface area contributed by atoms with Crippen molar-refractivity contribution in [3.63, 3.8) is 0 Å². The molecule has 1 saturated heterocycles. The molecule has 20 heavy (non-hydrogen) atoms. The lowest BCUT2D eigenvalue weighted by Gasteiger charge is -2.24. The Morgan fingerprint density at radius 1 is 1.35 bits per heavy atom. The lowest BCUT2D eigenvalue weighted by molar-refractivity contribution is 0.463. The second-order valence-electron chi connectivity index (χ2n) is 5.31. The molecule has 1 aromatic heterocycles. The summed E-state index contributed by atoms with van der Waals surface area (Å²) in [5.41, 5.74) is 7.74. The van der Waals surface area contributed by atoms with Gasteiger partial charge in [-0.2, -0.15) is 0 Å². The van der Waals surface area contributed by atoms with E-state index in [-0.39, 0.29) is 23.4 Å². The van der Waals surface area contributed by atoms with Crippen molar-refractivity contribution in [2.75, 3.05) is 17.2 Å². The number of aromatic nitrogens is 2. The number of sulfone groups is 1. The number of aryl methyl sites for hydroxylation is 1. The predicted molar refractivity (Wildman–Crippen MR) is 75.8 cm³/mol. The number of rotatable bonds is 1. The van der Waals surface area contributed by atoms with Gasteiger partial charge in [0.2, 0.25) is 5.95 Å². The average Bonchev–Trinajstić information content (AvgIpc) is 2.66. The van der Waals surface area contributed by atoms with Crippen molar-refractivity contribution in [1.29, 1.82) is 0 Å². The quantitative estimate of drug-likeness (QED) is 0.871. The standard InChI is InChI=1S/C13H16FN3O2S/c1-8-6-12-11(7-10(8)14)16-13(15)17(12)9-2-4-20(18,19)5-3-9/h6-7,9H,2-5H2,1H3,(H2,15,16). The maximum Gasteiger partial charge on any atom is 0.201 e. The van der Waals surface area contributed by atoms with Crippen LogP contribution in [0, 0.1) is 12.7 Å². The van der Waals surface area contributed by atoms with Crippen molar-refractivity contribution in [2.45, 2.75) is 25.8 Å². The first-order valence-corrected chi connectivity index (χ1v) is 8.33. The van der Waals surface area contributed by atoms with Gasteiger partial charge < -0.3 is 10.3 Å². The van der Waals surface area contributed by atoms with Gasteiger partial charge in [0.25, 0.3) is 0 Å². The normalized spacial score (nSPS) is 19.5. The summed E-state index contributed by atoms with van der Waals surface area (Å²) in [6, 6.07) is 3.10. The van der Waals surface area contributed by atoms with E-state index in [1.165, 1.54) is 6.07 Å². The zero-order valence-electron chi connectivity index (χ0n) is 11.1. The van der Waals surface area contributed by atoms with Gasteiger partial charge in [0.05, 0.1) is 22.5 Å². The fourth-order valence-electron chi connectivity index (χ4n) is 2.76. The fraction of sp³-hybridized carbons (Fsp3) is 0.462. The van der Waals surface area contributed by atoms with Gasteiger partial charge in [-0.25, -0.2) is 17.8 Å². The molecule has 1 aliphatic rings. The second kappa shape index (κ2) is 4.44. The molecule has 0 radical (unpaired) electrons. The van der Waals surface area contributed by atoms with Crippen LogP contribution in [-0.4, -0.2) is 29.5 Å². The highest BCUT2D eigenvalue weighted by molar-refractivity contribution is 7.91. The Labute approximate surface area is 116 Å². The van der Waals surface area contributed by atoms with Gasteiger partial charge >= 0.3 is 0 Å². The summed E-state index contributed by atoms with van der Waals surface area (Å²) in [5, 5.41) is 0. The van der Waals surface area contributed by atoms with Crippen LogP contribution in [0.3, 0.4) is 0 Å². The van der Waals surface area contributed by atoms with Gasteiger partial charge in [-0.05, 0) is 31.4 Å². The van der Waals surface area contributed by atoms with Crippen LogP contribution in [0.2, 0.25) is 0 Å². The summed E-state index contributed by atoms with van der Waals surface area (Å²) in [7, 11) is -2.92. The van der Waals surface area contributed by atoms with Crippen molar-refractivity contribution in [1.82, 2.24) is 9.55 Å². The van der Waals surface area contributed by atoms with E-state index >= 15 is 0 Å². The molecule has 1 aromatic carbocycles. The minimum absolute atomic E-state index is 0.00777. The molecule has 0 unspecified atom stereocenters. The van der Waals surface area contributed by atoms with Gasteiger partial charge in [-0.1, -0.05) is 0 Å². The molecule has 7 heteroatoms. The van der Waals surface area contributed by atoms with Crippen LogP contribution in [0.25, 0.3) is 11.0 Å². The summed E-state index contributed by atoms with van der Waals surface area (Å²) >= 11 is 0. The number of halogens is 1. The Bertz CT molecular complexity index is 769. The topological polar surface area (TPSA) is 78.0 Å². The molecule has 0 amide bonds. The lowest BCUT2D eigenvalue weighted by atomic mass is 10.1. The number of nitrogen functional groups attached to an aromatic ring is 1. The fourth-order valence-corrected chi connectivity index (χ4v) is 4.23. The number of nitrogens with two attached hydrogens (primary N) is 1. The van der Waals surface area contributed by atoms with Crippen LogP contribution >= 0.6 is 0 Å². The molecule has 0 aliphatic carbocycles. The number of hydrogen-bond acceptors (Lipinski definition) is 4. The van der Waals surface area contributed by atoms with Crippen molar-refractivity contribution in [3.05, 3.63) is 23.5 Å². The molecule has 2 N–H and O–H groups in total. The molecule has 2 heterocycles. The van der Waals surface area contributed by atoms with Crippen LogP contribution in [-0.2, 0) is 9.84 Å². The van der Waals surface area contributed by atoms with E-state index in [9.17, 15) is 12.8 Å². The summed E-state index contributed by atoms with van der Waals surface area (Å²) in [6.07, 6.45) is 1.04. The summed E-state index contributed by atoms with van der Waals surface area (Å²) < 4.78 is 38.4. The van der Waals surface area contributed by atoms with E-state index in [4.69, 9.17) is 5.73 Å². The van der Waals surface area contributed by atoms with E-state index in [1.807, 2.05) is 4.57 Å². The highest BCUT2D eigenvalue weighted by Crippen LogP contribution is 2.31. The molecular weight excluding hydrogens is 281 g/mol. The van der Waals surface area contributed by atoms with Crippen molar-refractivity contribution >= 4 is 26.8 Å². The molecular formula is C13H16FN3O2S. The second-order valence-corrected chi connectivity index (χ2v) is 7.62. The zero-order valence-corrected chi connectivity index (χ0v) is 12.0. The number of imidazole rings is 1. The van der Waals surface area contributed by atoms with Gasteiger partial charge in [0.15, 0.2) is 0 Å². The lowest BCUT2D eigenvalue weighted by Crippen LogP contribution is -2.26. The number of benzene rings is 1. The number of fused-ring (bicyclic) bond motifs is 1. The molecule has 1 fully saturated rings. The molecule has 3 rings (SSSR count). The Hall–Kier alpha value is -1.63. The molecule has 0 spiro atoms. The number of anilines is 1. The monoisotopic (exact) mass is 297 g/mol. The van der Waals surface area contributed by atoms with E-state index in [2.05, 4.69) is 4.98 Å². The Morgan fingerprint density at radius 2 is 2.00 bits per heavy atom. The largest absolute Gasteiger partial charge is 0.369 e. The van der Waals surface area contributed by atoms with Crippen molar-refractivity contribution in [2.24, 2.45) is 0 Å². The first-order valence-electron chi connectivity index (χ1n) is 6.51. The molecule has 0 saturated carbocycles. The van der Waals surface area contributed by atoms with E-state index in [0.717, 1.165) is 5.52 Å². The van der Waals surface area contributed by atoms with E-state index in [0.29, 0.717) is 29.9 Å². The smallest absolute Gasteiger partial charge is 0.201 e. The highest BCUT2D eigenvalue weighted by Gasteiger charge is 2.27. The summed E-state index contributed by atoms with van der Waals surface area (Å²) in [5.74, 6) is 0.330. The van der Waals surface area contributed by atoms with Gasteiger partial charge in [0.1, 0.15) is 15.7 Å². The summed E-state index contributed by atoms with van der Waals surface area (Å²) in [4.78, 5) is 4.18. The van der Waals surface area contributed by atoms with E-state index < -0.39 is 9.84 Å². The minimum atomic E-state index is -2.92. The third-order valence-corrected chi connectivity index (χ3v) is 5.60. The molecule has 5 nitrogen and oxygen atoms in total. The first-order chi connectivity index (χ1) is 9.37. The van der Waals surface area contributed by atoms with Gasteiger partial charge in [-0.15, -0.1) is 0 Å². The Balaban J connectivity index is 2.08. The minimum Gasteiger partial charge on any atom is -0.369 e. The zero-order chi connectivity index (χ0) is 14.5. The third kappa shape index (κ3) is 2.15. The van der Waals surface area contributed by atoms with Gasteiger partial charge in [-0.3, -0.25) is 0 Å². The summed E-state index contributed by atoms with van der Waals surface area (Å²) in [6.45, 7) is 1.69. The Kier molecular flexibility index (Phi) is 2.97. The van der Waals surface area contributed by atoms with Crippen molar-refractivity contribution in [3.8, 4) is 0 Å². The first kappa shape index (κ1) is 13.4. The molecule has 1 aliphatic heterocycles. The maximum atomic E-state index is 13.6. The molecule has 108 valence electrons. The number of nitrogens with zero attached hydrogens (tertiary/aromatic N) is 2.